The molecule has 0 aliphatic heterocycles. The molecule has 18 heavy (non-hydrogen) atoms. The number of rotatable bonds is 4. The molecule has 1 aromatic rings. The Hall–Kier alpha value is -1.69. The van der Waals surface area contributed by atoms with Gasteiger partial charge in [0.05, 0.1) is 6.20 Å². The summed E-state index contributed by atoms with van der Waals surface area (Å²) in [5.74, 6) is 0.324. The first-order chi connectivity index (χ1) is 8.70. The third-order valence-electron chi connectivity index (χ3n) is 3.48. The van der Waals surface area contributed by atoms with E-state index in [0.29, 0.717) is 12.5 Å². The van der Waals surface area contributed by atoms with E-state index in [2.05, 4.69) is 15.3 Å². The standard InChI is InChI=1S/C12H17N3O3/c16-7-9-3-1-2-8(9)4-15-12(18)10-5-14-11(17)6-13-10/h5-6,8-9,16H,1-4,7H2,(H,14,17)(H,15,18). The summed E-state index contributed by atoms with van der Waals surface area (Å²) in [4.78, 5) is 28.7. The molecule has 1 fully saturated rings. The van der Waals surface area contributed by atoms with Crippen molar-refractivity contribution in [3.63, 3.8) is 0 Å². The molecule has 0 bridgehead atoms. The highest BCUT2D eigenvalue weighted by molar-refractivity contribution is 5.91. The summed E-state index contributed by atoms with van der Waals surface area (Å²) in [5.41, 5.74) is -0.129. The van der Waals surface area contributed by atoms with Crippen molar-refractivity contribution in [1.29, 1.82) is 0 Å². The average Bonchev–Trinajstić information content (AvgIpc) is 2.84. The van der Waals surface area contributed by atoms with Gasteiger partial charge in [0.25, 0.3) is 11.5 Å². The summed E-state index contributed by atoms with van der Waals surface area (Å²) in [5, 5.41) is 12.0. The van der Waals surface area contributed by atoms with Crippen LogP contribution in [0.1, 0.15) is 29.8 Å². The van der Waals surface area contributed by atoms with Crippen LogP contribution < -0.4 is 10.9 Å². The van der Waals surface area contributed by atoms with Gasteiger partial charge in [0, 0.05) is 19.3 Å². The van der Waals surface area contributed by atoms with Crippen molar-refractivity contribution >= 4 is 5.91 Å². The quantitative estimate of drug-likeness (QED) is 0.697. The monoisotopic (exact) mass is 251 g/mol. The number of carbonyl (C=O) groups is 1. The number of hydrogen-bond acceptors (Lipinski definition) is 4. The van der Waals surface area contributed by atoms with Crippen LogP contribution in [0.4, 0.5) is 0 Å². The van der Waals surface area contributed by atoms with Gasteiger partial charge < -0.3 is 15.4 Å². The van der Waals surface area contributed by atoms with E-state index in [1.54, 1.807) is 0 Å². The van der Waals surface area contributed by atoms with Gasteiger partial charge in [-0.1, -0.05) is 6.42 Å². The maximum atomic E-state index is 11.7. The van der Waals surface area contributed by atoms with Gasteiger partial charge in [-0.3, -0.25) is 9.59 Å². The molecule has 2 unspecified atom stereocenters. The van der Waals surface area contributed by atoms with E-state index in [0.717, 1.165) is 25.5 Å². The first-order valence-corrected chi connectivity index (χ1v) is 6.14. The molecule has 2 rings (SSSR count). The van der Waals surface area contributed by atoms with Crippen molar-refractivity contribution in [3.8, 4) is 0 Å². The fourth-order valence-electron chi connectivity index (χ4n) is 2.40. The Morgan fingerprint density at radius 2 is 2.28 bits per heavy atom. The maximum Gasteiger partial charge on any atom is 0.271 e. The van der Waals surface area contributed by atoms with Crippen LogP contribution in [-0.4, -0.2) is 34.1 Å². The van der Waals surface area contributed by atoms with E-state index in [1.807, 2.05) is 0 Å². The summed E-state index contributed by atoms with van der Waals surface area (Å²) < 4.78 is 0. The van der Waals surface area contributed by atoms with Crippen LogP contribution in [0.3, 0.4) is 0 Å². The Balaban J connectivity index is 1.88. The molecule has 1 heterocycles. The van der Waals surface area contributed by atoms with Crippen LogP contribution in [0.5, 0.6) is 0 Å². The van der Waals surface area contributed by atoms with Crippen molar-refractivity contribution in [2.24, 2.45) is 11.8 Å². The average molecular weight is 251 g/mol. The fraction of sp³-hybridized carbons (Fsp3) is 0.583. The van der Waals surface area contributed by atoms with Crippen molar-refractivity contribution < 1.29 is 9.90 Å². The molecule has 0 radical (unpaired) electrons. The van der Waals surface area contributed by atoms with E-state index < -0.39 is 0 Å². The Morgan fingerprint density at radius 3 is 2.94 bits per heavy atom. The number of amides is 1. The zero-order valence-electron chi connectivity index (χ0n) is 10.1. The second-order valence-corrected chi connectivity index (χ2v) is 4.64. The van der Waals surface area contributed by atoms with Gasteiger partial charge in [0.15, 0.2) is 0 Å². The predicted molar refractivity (Wildman–Crippen MR) is 65.1 cm³/mol. The molecule has 1 aliphatic rings. The Morgan fingerprint density at radius 1 is 1.50 bits per heavy atom. The van der Waals surface area contributed by atoms with Crippen LogP contribution in [0.15, 0.2) is 17.2 Å². The molecule has 0 aromatic carbocycles. The third-order valence-corrected chi connectivity index (χ3v) is 3.48. The molecule has 6 nitrogen and oxygen atoms in total. The summed E-state index contributed by atoms with van der Waals surface area (Å²) in [6.07, 6.45) is 5.54. The van der Waals surface area contributed by atoms with Gasteiger partial charge in [-0.05, 0) is 24.7 Å². The lowest BCUT2D eigenvalue weighted by molar-refractivity contribution is 0.0932. The number of aromatic nitrogens is 2. The minimum absolute atomic E-state index is 0.178. The lowest BCUT2D eigenvalue weighted by Gasteiger charge is -2.17. The zero-order valence-corrected chi connectivity index (χ0v) is 10.1. The van der Waals surface area contributed by atoms with Gasteiger partial charge in [-0.15, -0.1) is 0 Å². The SMILES string of the molecule is O=C(NCC1CCCC1CO)c1c[nH]c(=O)cn1. The van der Waals surface area contributed by atoms with Crippen LogP contribution >= 0.6 is 0 Å². The fourth-order valence-corrected chi connectivity index (χ4v) is 2.40. The van der Waals surface area contributed by atoms with Gasteiger partial charge in [0.2, 0.25) is 0 Å². The lowest BCUT2D eigenvalue weighted by atomic mass is 9.97. The van der Waals surface area contributed by atoms with Gasteiger partial charge >= 0.3 is 0 Å². The van der Waals surface area contributed by atoms with Crippen LogP contribution in [-0.2, 0) is 0 Å². The van der Waals surface area contributed by atoms with Crippen molar-refractivity contribution in [2.75, 3.05) is 13.2 Å². The molecule has 2 atom stereocenters. The maximum absolute atomic E-state index is 11.7. The highest BCUT2D eigenvalue weighted by Gasteiger charge is 2.26. The minimum Gasteiger partial charge on any atom is -0.396 e. The smallest absolute Gasteiger partial charge is 0.271 e. The Labute approximate surface area is 104 Å². The lowest BCUT2D eigenvalue weighted by Crippen LogP contribution is -2.32. The number of hydrogen-bond donors (Lipinski definition) is 3. The normalized spacial score (nSPS) is 22.9. The molecule has 1 aliphatic carbocycles. The van der Waals surface area contributed by atoms with Crippen molar-refractivity contribution in [2.45, 2.75) is 19.3 Å². The summed E-state index contributed by atoms with van der Waals surface area (Å²) in [7, 11) is 0. The molecular formula is C12H17N3O3. The molecule has 0 spiro atoms. The Bertz CT molecular complexity index is 451. The van der Waals surface area contributed by atoms with Gasteiger partial charge in [-0.2, -0.15) is 0 Å². The zero-order chi connectivity index (χ0) is 13.0. The second-order valence-electron chi connectivity index (χ2n) is 4.64. The van der Waals surface area contributed by atoms with Crippen LogP contribution in [0, 0.1) is 11.8 Å². The van der Waals surface area contributed by atoms with E-state index in [-0.39, 0.29) is 29.7 Å². The van der Waals surface area contributed by atoms with E-state index in [9.17, 15) is 14.7 Å². The molecular weight excluding hydrogens is 234 g/mol. The predicted octanol–water partition coefficient (Wildman–Crippen LogP) is -0.0917. The molecule has 3 N–H and O–H groups in total. The summed E-state index contributed by atoms with van der Waals surface area (Å²) in [6.45, 7) is 0.725. The van der Waals surface area contributed by atoms with E-state index >= 15 is 0 Å². The number of H-pyrrole nitrogens is 1. The van der Waals surface area contributed by atoms with Crippen LogP contribution in [0.25, 0.3) is 0 Å². The first-order valence-electron chi connectivity index (χ1n) is 6.14. The van der Waals surface area contributed by atoms with Gasteiger partial charge in [0.1, 0.15) is 5.69 Å². The van der Waals surface area contributed by atoms with E-state index in [1.165, 1.54) is 6.20 Å². The van der Waals surface area contributed by atoms with E-state index in [4.69, 9.17) is 0 Å². The second kappa shape index (κ2) is 5.77. The molecule has 1 amide bonds. The highest BCUT2D eigenvalue weighted by Crippen LogP contribution is 2.30. The third kappa shape index (κ3) is 2.95. The van der Waals surface area contributed by atoms with Gasteiger partial charge in [-0.25, -0.2) is 4.98 Å². The number of nitrogens with zero attached hydrogens (tertiary/aromatic N) is 1. The van der Waals surface area contributed by atoms with Crippen molar-refractivity contribution in [1.82, 2.24) is 15.3 Å². The summed E-state index contributed by atoms with van der Waals surface area (Å²) >= 11 is 0. The molecule has 1 aromatic heterocycles. The summed E-state index contributed by atoms with van der Waals surface area (Å²) in [6, 6.07) is 0. The number of nitrogens with one attached hydrogen (secondary N) is 2. The molecule has 0 saturated heterocycles. The first kappa shape index (κ1) is 12.8. The number of aliphatic hydroxyl groups excluding tert-OH is 1. The number of carbonyl (C=O) groups excluding carboxylic acids is 1. The minimum atomic E-state index is -0.331. The highest BCUT2D eigenvalue weighted by atomic mass is 16.3. The van der Waals surface area contributed by atoms with Crippen molar-refractivity contribution in [3.05, 3.63) is 28.4 Å². The molecule has 1 saturated carbocycles. The number of aromatic amines is 1. The Kier molecular flexibility index (Phi) is 4.09. The topological polar surface area (TPSA) is 95.1 Å². The number of aliphatic hydroxyl groups is 1. The largest absolute Gasteiger partial charge is 0.396 e. The molecule has 6 heteroatoms. The molecule has 98 valence electrons. The van der Waals surface area contributed by atoms with Crippen LogP contribution in [0.2, 0.25) is 0 Å².